The summed E-state index contributed by atoms with van der Waals surface area (Å²) in [5.41, 5.74) is 0.938. The SMILES string of the molecule is CNC(C)Cc1ccc(OC)cc1O. The van der Waals surface area contributed by atoms with Crippen molar-refractivity contribution in [3.8, 4) is 11.5 Å². The van der Waals surface area contributed by atoms with E-state index in [1.807, 2.05) is 19.2 Å². The fourth-order valence-electron chi connectivity index (χ4n) is 1.28. The van der Waals surface area contributed by atoms with Crippen molar-refractivity contribution in [3.05, 3.63) is 23.8 Å². The van der Waals surface area contributed by atoms with E-state index in [2.05, 4.69) is 12.2 Å². The lowest BCUT2D eigenvalue weighted by Crippen LogP contribution is -2.23. The summed E-state index contributed by atoms with van der Waals surface area (Å²) in [6.07, 6.45) is 0.812. The van der Waals surface area contributed by atoms with E-state index >= 15 is 0 Å². The summed E-state index contributed by atoms with van der Waals surface area (Å²) in [6.45, 7) is 2.07. The van der Waals surface area contributed by atoms with Crippen LogP contribution in [0.2, 0.25) is 0 Å². The molecule has 1 aromatic rings. The lowest BCUT2D eigenvalue weighted by Gasteiger charge is -2.11. The zero-order valence-electron chi connectivity index (χ0n) is 8.87. The van der Waals surface area contributed by atoms with E-state index < -0.39 is 0 Å². The number of rotatable bonds is 4. The monoisotopic (exact) mass is 195 g/mol. The van der Waals surface area contributed by atoms with Crippen molar-refractivity contribution >= 4 is 0 Å². The molecule has 0 aromatic heterocycles. The largest absolute Gasteiger partial charge is 0.508 e. The second kappa shape index (κ2) is 4.86. The molecule has 0 saturated heterocycles. The third-order valence-electron chi connectivity index (χ3n) is 2.31. The first-order valence-electron chi connectivity index (χ1n) is 4.70. The number of phenols is 1. The van der Waals surface area contributed by atoms with Gasteiger partial charge >= 0.3 is 0 Å². The van der Waals surface area contributed by atoms with Crippen molar-refractivity contribution in [2.75, 3.05) is 14.2 Å². The number of hydrogen-bond donors (Lipinski definition) is 2. The maximum absolute atomic E-state index is 9.66. The van der Waals surface area contributed by atoms with E-state index in [4.69, 9.17) is 4.74 Å². The van der Waals surface area contributed by atoms with Crippen LogP contribution in [-0.4, -0.2) is 25.3 Å². The van der Waals surface area contributed by atoms with E-state index in [9.17, 15) is 5.11 Å². The molecule has 1 unspecified atom stereocenters. The molecule has 0 heterocycles. The second-order valence-corrected chi connectivity index (χ2v) is 3.39. The Bertz CT molecular complexity index is 299. The van der Waals surface area contributed by atoms with Gasteiger partial charge in [-0.05, 0) is 32.0 Å². The summed E-state index contributed by atoms with van der Waals surface area (Å²) >= 11 is 0. The normalized spacial score (nSPS) is 12.5. The molecule has 1 rings (SSSR count). The number of likely N-dealkylation sites (N-methyl/N-ethyl adjacent to an activating group) is 1. The number of nitrogens with one attached hydrogen (secondary N) is 1. The summed E-state index contributed by atoms with van der Waals surface area (Å²) in [6, 6.07) is 5.74. The standard InChI is InChI=1S/C11H17NO2/c1-8(12-2)6-9-4-5-10(14-3)7-11(9)13/h4-5,7-8,12-13H,6H2,1-3H3. The van der Waals surface area contributed by atoms with Gasteiger partial charge in [0.25, 0.3) is 0 Å². The third-order valence-corrected chi connectivity index (χ3v) is 2.31. The summed E-state index contributed by atoms with van der Waals surface area (Å²) in [5, 5.41) is 12.8. The average Bonchev–Trinajstić information content (AvgIpc) is 2.20. The minimum atomic E-state index is 0.298. The van der Waals surface area contributed by atoms with Gasteiger partial charge in [0.15, 0.2) is 0 Å². The Labute approximate surface area is 84.7 Å². The number of aromatic hydroxyl groups is 1. The molecule has 0 aliphatic rings. The van der Waals surface area contributed by atoms with E-state index in [1.165, 1.54) is 0 Å². The van der Waals surface area contributed by atoms with Crippen LogP contribution in [0.1, 0.15) is 12.5 Å². The molecule has 0 amide bonds. The maximum atomic E-state index is 9.66. The van der Waals surface area contributed by atoms with Crippen LogP contribution in [-0.2, 0) is 6.42 Å². The summed E-state index contributed by atoms with van der Waals surface area (Å²) in [7, 11) is 3.50. The molecular weight excluding hydrogens is 178 g/mol. The Hall–Kier alpha value is -1.22. The van der Waals surface area contributed by atoms with Crippen molar-refractivity contribution in [1.29, 1.82) is 0 Å². The molecule has 14 heavy (non-hydrogen) atoms. The minimum Gasteiger partial charge on any atom is -0.508 e. The predicted octanol–water partition coefficient (Wildman–Crippen LogP) is 1.55. The zero-order valence-corrected chi connectivity index (χ0v) is 8.87. The molecular formula is C11H17NO2. The van der Waals surface area contributed by atoms with Gasteiger partial charge in [-0.2, -0.15) is 0 Å². The number of benzene rings is 1. The zero-order chi connectivity index (χ0) is 10.6. The van der Waals surface area contributed by atoms with Crippen molar-refractivity contribution in [3.63, 3.8) is 0 Å². The highest BCUT2D eigenvalue weighted by molar-refractivity contribution is 5.40. The first-order chi connectivity index (χ1) is 6.67. The van der Waals surface area contributed by atoms with Gasteiger partial charge in [0.2, 0.25) is 0 Å². The maximum Gasteiger partial charge on any atom is 0.122 e. The molecule has 0 aliphatic heterocycles. The summed E-state index contributed by atoms with van der Waals surface area (Å²) in [5.74, 6) is 0.981. The lowest BCUT2D eigenvalue weighted by molar-refractivity contribution is 0.405. The van der Waals surface area contributed by atoms with E-state index in [0.717, 1.165) is 12.0 Å². The number of hydrogen-bond acceptors (Lipinski definition) is 3. The fraction of sp³-hybridized carbons (Fsp3) is 0.455. The van der Waals surface area contributed by atoms with Crippen LogP contribution in [0.5, 0.6) is 11.5 Å². The van der Waals surface area contributed by atoms with Crippen molar-refractivity contribution < 1.29 is 9.84 Å². The van der Waals surface area contributed by atoms with E-state index in [-0.39, 0.29) is 0 Å². The van der Waals surface area contributed by atoms with Crippen LogP contribution in [0, 0.1) is 0 Å². The molecule has 0 fully saturated rings. The fourth-order valence-corrected chi connectivity index (χ4v) is 1.28. The van der Waals surface area contributed by atoms with Gasteiger partial charge in [-0.25, -0.2) is 0 Å². The average molecular weight is 195 g/mol. The van der Waals surface area contributed by atoms with Crippen molar-refractivity contribution in [2.24, 2.45) is 0 Å². The highest BCUT2D eigenvalue weighted by atomic mass is 16.5. The van der Waals surface area contributed by atoms with Gasteiger partial charge in [0, 0.05) is 12.1 Å². The number of phenolic OH excluding ortho intramolecular Hbond substituents is 1. The molecule has 0 radical (unpaired) electrons. The second-order valence-electron chi connectivity index (χ2n) is 3.39. The van der Waals surface area contributed by atoms with Gasteiger partial charge < -0.3 is 15.2 Å². The van der Waals surface area contributed by atoms with Gasteiger partial charge in [0.1, 0.15) is 11.5 Å². The van der Waals surface area contributed by atoms with Crippen LogP contribution in [0.15, 0.2) is 18.2 Å². The molecule has 1 atom stereocenters. The van der Waals surface area contributed by atoms with Crippen LogP contribution in [0.25, 0.3) is 0 Å². The number of methoxy groups -OCH3 is 1. The van der Waals surface area contributed by atoms with Crippen LogP contribution in [0.4, 0.5) is 0 Å². The molecule has 2 N–H and O–H groups in total. The Morgan fingerprint density at radius 2 is 2.21 bits per heavy atom. The molecule has 0 aliphatic carbocycles. The molecule has 78 valence electrons. The molecule has 1 aromatic carbocycles. The Morgan fingerprint density at radius 1 is 1.50 bits per heavy atom. The smallest absolute Gasteiger partial charge is 0.122 e. The predicted molar refractivity (Wildman–Crippen MR) is 56.9 cm³/mol. The Morgan fingerprint density at radius 3 is 2.71 bits per heavy atom. The highest BCUT2D eigenvalue weighted by Crippen LogP contribution is 2.24. The summed E-state index contributed by atoms with van der Waals surface area (Å²) in [4.78, 5) is 0. The highest BCUT2D eigenvalue weighted by Gasteiger charge is 2.06. The van der Waals surface area contributed by atoms with E-state index in [0.29, 0.717) is 17.5 Å². The number of ether oxygens (including phenoxy) is 1. The topological polar surface area (TPSA) is 41.5 Å². The molecule has 0 bridgehead atoms. The molecule has 3 heteroatoms. The lowest BCUT2D eigenvalue weighted by atomic mass is 10.1. The van der Waals surface area contributed by atoms with Crippen LogP contribution >= 0.6 is 0 Å². The van der Waals surface area contributed by atoms with Gasteiger partial charge in [0.05, 0.1) is 7.11 Å². The third kappa shape index (κ3) is 2.64. The van der Waals surface area contributed by atoms with Gasteiger partial charge in [-0.1, -0.05) is 6.07 Å². The first kappa shape index (κ1) is 10.9. The molecule has 0 spiro atoms. The van der Waals surface area contributed by atoms with Crippen LogP contribution < -0.4 is 10.1 Å². The van der Waals surface area contributed by atoms with Crippen molar-refractivity contribution in [2.45, 2.75) is 19.4 Å². The van der Waals surface area contributed by atoms with E-state index in [1.54, 1.807) is 13.2 Å². The Kier molecular flexibility index (Phi) is 3.77. The van der Waals surface area contributed by atoms with Crippen LogP contribution in [0.3, 0.4) is 0 Å². The van der Waals surface area contributed by atoms with Gasteiger partial charge in [-0.15, -0.1) is 0 Å². The quantitative estimate of drug-likeness (QED) is 0.766. The minimum absolute atomic E-state index is 0.298. The van der Waals surface area contributed by atoms with Crippen molar-refractivity contribution in [1.82, 2.24) is 5.32 Å². The first-order valence-corrected chi connectivity index (χ1v) is 4.70. The molecule has 3 nitrogen and oxygen atoms in total. The Balaban J connectivity index is 2.78. The summed E-state index contributed by atoms with van der Waals surface area (Å²) < 4.78 is 5.01. The van der Waals surface area contributed by atoms with Gasteiger partial charge in [-0.3, -0.25) is 0 Å². The molecule has 0 saturated carbocycles.